The topological polar surface area (TPSA) is 12.9 Å². The number of thiazole rings is 1. The highest BCUT2D eigenvalue weighted by molar-refractivity contribution is 9.10. The Hall–Kier alpha value is 0.190. The van der Waals surface area contributed by atoms with Crippen LogP contribution in [0.3, 0.4) is 0 Å². The van der Waals surface area contributed by atoms with Gasteiger partial charge in [-0.3, -0.25) is 0 Å². The van der Waals surface area contributed by atoms with E-state index in [2.05, 4.69) is 4.98 Å². The molecule has 1 heterocycles. The van der Waals surface area contributed by atoms with Crippen molar-refractivity contribution in [3.8, 4) is 0 Å². The minimum Gasteiger partial charge on any atom is -0.248 e. The Morgan fingerprint density at radius 1 is 1.64 bits per heavy atom. The first kappa shape index (κ1) is 12.3. The molecule has 0 N–H and O–H groups in total. The summed E-state index contributed by atoms with van der Waals surface area (Å²) >= 11 is 8.71. The van der Waals surface area contributed by atoms with Crippen LogP contribution in [0.1, 0.15) is 11.4 Å². The maximum Gasteiger partial charge on any atom is 0.331 e. The second kappa shape index (κ2) is 4.81. The molecule has 1 nitrogen and oxygen atoms in total. The second-order valence-electron chi connectivity index (χ2n) is 2.61. The van der Waals surface area contributed by atoms with Gasteiger partial charge in [0.2, 0.25) is 0 Å². The molecule has 1 aromatic rings. The van der Waals surface area contributed by atoms with Gasteiger partial charge in [-0.2, -0.15) is 8.78 Å². The fourth-order valence-electron chi connectivity index (χ4n) is 0.817. The first-order valence-electron chi connectivity index (χ1n) is 3.70. The van der Waals surface area contributed by atoms with E-state index >= 15 is 0 Å². The van der Waals surface area contributed by atoms with Crippen molar-refractivity contribution < 1.29 is 13.2 Å². The molecule has 0 fully saturated rings. The largest absolute Gasteiger partial charge is 0.331 e. The van der Waals surface area contributed by atoms with Gasteiger partial charge in [-0.1, -0.05) is 11.6 Å². The van der Waals surface area contributed by atoms with Crippen LogP contribution in [0, 0.1) is 0 Å². The quantitative estimate of drug-likeness (QED) is 0.765. The second-order valence-corrected chi connectivity index (χ2v) is 5.41. The number of aromatic nitrogens is 1. The summed E-state index contributed by atoms with van der Waals surface area (Å²) in [6.45, 7) is 0. The minimum absolute atomic E-state index is 0.166. The summed E-state index contributed by atoms with van der Waals surface area (Å²) in [6.07, 6.45) is -0.895. The van der Waals surface area contributed by atoms with Crippen molar-refractivity contribution >= 4 is 38.9 Å². The van der Waals surface area contributed by atoms with Crippen molar-refractivity contribution in [2.45, 2.75) is 23.8 Å². The lowest BCUT2D eigenvalue weighted by molar-refractivity contribution is 0.0182. The normalized spacial score (nSPS) is 14.4. The lowest BCUT2D eigenvalue weighted by atomic mass is 10.2. The van der Waals surface area contributed by atoms with Crippen LogP contribution in [0.15, 0.2) is 6.20 Å². The van der Waals surface area contributed by atoms with Crippen LogP contribution in [-0.2, 0) is 6.42 Å². The number of hydrogen-bond donors (Lipinski definition) is 0. The van der Waals surface area contributed by atoms with Gasteiger partial charge in [-0.15, -0.1) is 11.3 Å². The SMILES string of the molecule is FC(CCc1ncc(Cl)s1)C(F)(F)Br. The number of aryl methyl sites for hydroxylation is 1. The van der Waals surface area contributed by atoms with Crippen LogP contribution >= 0.6 is 38.9 Å². The van der Waals surface area contributed by atoms with Gasteiger partial charge >= 0.3 is 4.83 Å². The Bertz CT molecular complexity index is 301. The standard InChI is InChI=1S/C7H6BrClF3NS/c8-7(11,12)4(10)1-2-6-13-3-5(9)14-6/h3-4H,1-2H2. The Morgan fingerprint density at radius 2 is 2.29 bits per heavy atom. The van der Waals surface area contributed by atoms with E-state index in [-0.39, 0.29) is 12.8 Å². The highest BCUT2D eigenvalue weighted by Crippen LogP contribution is 2.31. The molecule has 0 bridgehead atoms. The number of halogens is 5. The predicted octanol–water partition coefficient (Wildman–Crippen LogP) is 4.05. The molecule has 80 valence electrons. The molecule has 0 saturated carbocycles. The van der Waals surface area contributed by atoms with Gasteiger partial charge in [0, 0.05) is 6.42 Å². The molecule has 1 unspecified atom stereocenters. The summed E-state index contributed by atoms with van der Waals surface area (Å²) in [5.41, 5.74) is 0. The van der Waals surface area contributed by atoms with Crippen molar-refractivity contribution in [3.63, 3.8) is 0 Å². The molecule has 0 radical (unpaired) electrons. The maximum atomic E-state index is 12.7. The molecule has 0 aliphatic rings. The van der Waals surface area contributed by atoms with Gasteiger partial charge in [0.05, 0.1) is 11.2 Å². The smallest absolute Gasteiger partial charge is 0.248 e. The molecule has 14 heavy (non-hydrogen) atoms. The van der Waals surface area contributed by atoms with Crippen LogP contribution in [0.2, 0.25) is 4.34 Å². The number of alkyl halides is 4. The maximum absolute atomic E-state index is 12.7. The Kier molecular flexibility index (Phi) is 4.21. The molecular weight excluding hydrogens is 303 g/mol. The molecule has 1 atom stereocenters. The van der Waals surface area contributed by atoms with Crippen LogP contribution < -0.4 is 0 Å². The van der Waals surface area contributed by atoms with E-state index in [1.807, 2.05) is 15.9 Å². The third kappa shape index (κ3) is 3.74. The zero-order chi connectivity index (χ0) is 10.8. The highest BCUT2D eigenvalue weighted by Gasteiger charge is 2.36. The lowest BCUT2D eigenvalue weighted by Crippen LogP contribution is -2.22. The molecule has 1 aromatic heterocycles. The average Bonchev–Trinajstić information content (AvgIpc) is 2.45. The van der Waals surface area contributed by atoms with E-state index in [9.17, 15) is 13.2 Å². The monoisotopic (exact) mass is 307 g/mol. The lowest BCUT2D eigenvalue weighted by Gasteiger charge is -2.12. The summed E-state index contributed by atoms with van der Waals surface area (Å²) in [5.74, 6) is 0. The molecule has 0 amide bonds. The summed E-state index contributed by atoms with van der Waals surface area (Å²) < 4.78 is 37.9. The van der Waals surface area contributed by atoms with Crippen molar-refractivity contribution in [2.24, 2.45) is 0 Å². The van der Waals surface area contributed by atoms with Gasteiger partial charge in [0.15, 0.2) is 6.17 Å². The molecule has 0 spiro atoms. The number of rotatable bonds is 4. The van der Waals surface area contributed by atoms with Gasteiger partial charge in [-0.25, -0.2) is 9.37 Å². The van der Waals surface area contributed by atoms with E-state index in [0.29, 0.717) is 9.34 Å². The Labute approximate surface area is 96.4 Å². The summed E-state index contributed by atoms with van der Waals surface area (Å²) in [6, 6.07) is 0. The Morgan fingerprint density at radius 3 is 2.71 bits per heavy atom. The zero-order valence-electron chi connectivity index (χ0n) is 6.81. The fraction of sp³-hybridized carbons (Fsp3) is 0.571. The van der Waals surface area contributed by atoms with E-state index < -0.39 is 11.0 Å². The molecule has 0 aromatic carbocycles. The van der Waals surface area contributed by atoms with Gasteiger partial charge in [0.1, 0.15) is 4.34 Å². The highest BCUT2D eigenvalue weighted by atomic mass is 79.9. The van der Waals surface area contributed by atoms with Crippen LogP contribution in [0.25, 0.3) is 0 Å². The third-order valence-corrected chi connectivity index (χ3v) is 3.16. The summed E-state index contributed by atoms with van der Waals surface area (Å²) in [5, 5.41) is 0.564. The third-order valence-electron chi connectivity index (χ3n) is 1.49. The van der Waals surface area contributed by atoms with Gasteiger partial charge in [-0.05, 0) is 22.4 Å². The molecule has 7 heteroatoms. The van der Waals surface area contributed by atoms with Crippen molar-refractivity contribution in [2.75, 3.05) is 0 Å². The zero-order valence-corrected chi connectivity index (χ0v) is 9.97. The number of nitrogens with zero attached hydrogens (tertiary/aromatic N) is 1. The predicted molar refractivity (Wildman–Crippen MR) is 54.2 cm³/mol. The molecule has 1 rings (SSSR count). The summed E-state index contributed by atoms with van der Waals surface area (Å²) in [4.78, 5) is 0.365. The van der Waals surface area contributed by atoms with Crippen molar-refractivity contribution in [1.82, 2.24) is 4.98 Å². The van der Waals surface area contributed by atoms with Gasteiger partial charge < -0.3 is 0 Å². The molecular formula is C7H6BrClF3NS. The fourth-order valence-corrected chi connectivity index (χ4v) is 2.02. The van der Waals surface area contributed by atoms with E-state index in [4.69, 9.17) is 11.6 Å². The first-order chi connectivity index (χ1) is 6.39. The minimum atomic E-state index is -3.46. The molecule has 0 aliphatic heterocycles. The van der Waals surface area contributed by atoms with Crippen LogP contribution in [0.4, 0.5) is 13.2 Å². The van der Waals surface area contributed by atoms with E-state index in [1.54, 1.807) is 0 Å². The van der Waals surface area contributed by atoms with E-state index in [1.165, 1.54) is 17.5 Å². The van der Waals surface area contributed by atoms with Crippen molar-refractivity contribution in [1.29, 1.82) is 0 Å². The molecule has 0 saturated heterocycles. The van der Waals surface area contributed by atoms with Gasteiger partial charge in [0.25, 0.3) is 0 Å². The average molecular weight is 309 g/mol. The van der Waals surface area contributed by atoms with Crippen LogP contribution in [-0.4, -0.2) is 16.0 Å². The molecule has 0 aliphatic carbocycles. The summed E-state index contributed by atoms with van der Waals surface area (Å²) in [7, 11) is 0. The first-order valence-corrected chi connectivity index (χ1v) is 5.69. The number of hydrogen-bond acceptors (Lipinski definition) is 2. The van der Waals surface area contributed by atoms with Crippen molar-refractivity contribution in [3.05, 3.63) is 15.5 Å². The van der Waals surface area contributed by atoms with E-state index in [0.717, 1.165) is 0 Å². The Balaban J connectivity index is 2.41. The van der Waals surface area contributed by atoms with Crippen LogP contribution in [0.5, 0.6) is 0 Å².